The summed E-state index contributed by atoms with van der Waals surface area (Å²) >= 11 is 0. The van der Waals surface area contributed by atoms with Crippen molar-refractivity contribution in [2.24, 2.45) is 5.73 Å². The molecule has 0 unspecified atom stereocenters. The molecule has 92 valence electrons. The predicted molar refractivity (Wildman–Crippen MR) is 66.6 cm³/mol. The number of carbonyl (C=O) groups excluding carboxylic acids is 1. The number of esters is 1. The largest absolute Gasteiger partial charge is 0.468 e. The van der Waals surface area contributed by atoms with E-state index in [1.807, 2.05) is 30.3 Å². The van der Waals surface area contributed by atoms with Gasteiger partial charge in [0.2, 0.25) is 0 Å². The van der Waals surface area contributed by atoms with Gasteiger partial charge in [-0.2, -0.15) is 0 Å². The van der Waals surface area contributed by atoms with Crippen LogP contribution in [0, 0.1) is 0 Å². The second-order valence-electron chi connectivity index (χ2n) is 4.74. The zero-order valence-electron chi connectivity index (χ0n) is 10.2. The lowest BCUT2D eigenvalue weighted by atomic mass is 9.70. The summed E-state index contributed by atoms with van der Waals surface area (Å²) in [6.07, 6.45) is 3.78. The summed E-state index contributed by atoms with van der Waals surface area (Å²) in [5.74, 6) is -0.212. The lowest BCUT2D eigenvalue weighted by Gasteiger charge is -2.38. The summed E-state index contributed by atoms with van der Waals surface area (Å²) < 4.78 is 4.88. The van der Waals surface area contributed by atoms with Crippen LogP contribution in [0.25, 0.3) is 0 Å². The average Bonchev–Trinajstić information content (AvgIpc) is 2.39. The number of ether oxygens (including phenoxy) is 1. The van der Waals surface area contributed by atoms with Crippen molar-refractivity contribution in [1.82, 2.24) is 0 Å². The maximum atomic E-state index is 11.9. The first-order valence-corrected chi connectivity index (χ1v) is 6.11. The summed E-state index contributed by atoms with van der Waals surface area (Å²) in [6, 6.07) is 10.0. The summed E-state index contributed by atoms with van der Waals surface area (Å²) in [7, 11) is 1.41. The molecule has 1 fully saturated rings. The minimum absolute atomic E-state index is 0.0740. The highest BCUT2D eigenvalue weighted by molar-refractivity contribution is 5.82. The van der Waals surface area contributed by atoms with Gasteiger partial charge in [0, 0.05) is 5.92 Å². The number of hydrogen-bond acceptors (Lipinski definition) is 3. The Morgan fingerprint density at radius 2 is 2.06 bits per heavy atom. The van der Waals surface area contributed by atoms with Crippen molar-refractivity contribution in [2.45, 2.75) is 37.1 Å². The van der Waals surface area contributed by atoms with Crippen LogP contribution in [0.1, 0.15) is 37.2 Å². The van der Waals surface area contributed by atoms with E-state index in [9.17, 15) is 4.79 Å². The first kappa shape index (κ1) is 12.1. The molecule has 0 heterocycles. The van der Waals surface area contributed by atoms with Crippen LogP contribution in [0.15, 0.2) is 30.3 Å². The Labute approximate surface area is 102 Å². The number of rotatable bonds is 2. The highest BCUT2D eigenvalue weighted by Gasteiger charge is 2.45. The fraction of sp³-hybridized carbons (Fsp3) is 0.500. The Morgan fingerprint density at radius 1 is 1.35 bits per heavy atom. The number of nitrogens with two attached hydrogens (primary N) is 1. The van der Waals surface area contributed by atoms with Crippen molar-refractivity contribution in [1.29, 1.82) is 0 Å². The predicted octanol–water partition coefficient (Wildman–Crippen LogP) is 2.21. The third-order valence-corrected chi connectivity index (χ3v) is 3.72. The molecule has 0 spiro atoms. The van der Waals surface area contributed by atoms with Gasteiger partial charge in [0.25, 0.3) is 0 Å². The molecule has 1 aromatic rings. The van der Waals surface area contributed by atoms with Gasteiger partial charge < -0.3 is 10.5 Å². The third kappa shape index (κ3) is 2.20. The molecule has 0 radical (unpaired) electrons. The Balaban J connectivity index is 2.33. The van der Waals surface area contributed by atoms with Gasteiger partial charge in [-0.25, -0.2) is 0 Å². The van der Waals surface area contributed by atoms with Crippen LogP contribution in [0.5, 0.6) is 0 Å². The standard InChI is InChI=1S/C14H19NO2/c1-17-13(16)14(15)10-6-5-9-12(14)11-7-3-2-4-8-11/h2-4,7-8,12H,5-6,9-10,15H2,1H3/t12-,14+/m1/s1. The van der Waals surface area contributed by atoms with E-state index >= 15 is 0 Å². The minimum Gasteiger partial charge on any atom is -0.468 e. The summed E-state index contributed by atoms with van der Waals surface area (Å²) in [6.45, 7) is 0. The maximum Gasteiger partial charge on any atom is 0.326 e. The number of methoxy groups -OCH3 is 1. The molecule has 0 aromatic heterocycles. The van der Waals surface area contributed by atoms with Gasteiger partial charge >= 0.3 is 5.97 Å². The van der Waals surface area contributed by atoms with Crippen LogP contribution in [0.2, 0.25) is 0 Å². The van der Waals surface area contributed by atoms with Crippen molar-refractivity contribution >= 4 is 5.97 Å². The Kier molecular flexibility index (Phi) is 3.48. The fourth-order valence-electron chi connectivity index (χ4n) is 2.78. The molecule has 0 amide bonds. The van der Waals surface area contributed by atoms with E-state index in [0.717, 1.165) is 24.8 Å². The second kappa shape index (κ2) is 4.88. The van der Waals surface area contributed by atoms with Gasteiger partial charge in [0.05, 0.1) is 7.11 Å². The van der Waals surface area contributed by atoms with E-state index in [0.29, 0.717) is 6.42 Å². The van der Waals surface area contributed by atoms with Crippen molar-refractivity contribution < 1.29 is 9.53 Å². The number of carbonyl (C=O) groups is 1. The first-order valence-electron chi connectivity index (χ1n) is 6.11. The van der Waals surface area contributed by atoms with Crippen LogP contribution >= 0.6 is 0 Å². The molecule has 1 saturated carbocycles. The van der Waals surface area contributed by atoms with Gasteiger partial charge in [0.1, 0.15) is 5.54 Å². The molecule has 1 aliphatic carbocycles. The molecule has 0 saturated heterocycles. The van der Waals surface area contributed by atoms with Crippen LogP contribution in [-0.2, 0) is 9.53 Å². The van der Waals surface area contributed by atoms with E-state index in [2.05, 4.69) is 0 Å². The molecule has 17 heavy (non-hydrogen) atoms. The molecule has 3 heteroatoms. The normalized spacial score (nSPS) is 28.7. The zero-order chi connectivity index (χ0) is 12.3. The van der Waals surface area contributed by atoms with Crippen molar-refractivity contribution in [2.75, 3.05) is 7.11 Å². The molecule has 1 aliphatic rings. The second-order valence-corrected chi connectivity index (χ2v) is 4.74. The van der Waals surface area contributed by atoms with E-state index in [-0.39, 0.29) is 11.9 Å². The van der Waals surface area contributed by atoms with E-state index in [1.165, 1.54) is 7.11 Å². The quantitative estimate of drug-likeness (QED) is 0.797. The van der Waals surface area contributed by atoms with Crippen molar-refractivity contribution in [3.05, 3.63) is 35.9 Å². The minimum atomic E-state index is -0.853. The van der Waals surface area contributed by atoms with E-state index in [4.69, 9.17) is 10.5 Å². The lowest BCUT2D eigenvalue weighted by molar-refractivity contribution is -0.149. The molecule has 0 bridgehead atoms. The topological polar surface area (TPSA) is 52.3 Å². The van der Waals surface area contributed by atoms with Crippen LogP contribution in [0.4, 0.5) is 0 Å². The number of hydrogen-bond donors (Lipinski definition) is 1. The molecule has 1 aromatic carbocycles. The summed E-state index contributed by atoms with van der Waals surface area (Å²) in [5, 5.41) is 0. The Hall–Kier alpha value is -1.35. The molecule has 2 N–H and O–H groups in total. The average molecular weight is 233 g/mol. The van der Waals surface area contributed by atoms with Gasteiger partial charge in [-0.3, -0.25) is 4.79 Å². The maximum absolute atomic E-state index is 11.9. The lowest BCUT2D eigenvalue weighted by Crippen LogP contribution is -2.55. The third-order valence-electron chi connectivity index (χ3n) is 3.72. The summed E-state index contributed by atoms with van der Waals surface area (Å²) in [5.41, 5.74) is 6.60. The highest BCUT2D eigenvalue weighted by atomic mass is 16.5. The van der Waals surface area contributed by atoms with Crippen LogP contribution in [0.3, 0.4) is 0 Å². The van der Waals surface area contributed by atoms with Gasteiger partial charge in [-0.15, -0.1) is 0 Å². The van der Waals surface area contributed by atoms with Crippen LogP contribution in [-0.4, -0.2) is 18.6 Å². The molecule has 0 aliphatic heterocycles. The molecule has 3 nitrogen and oxygen atoms in total. The zero-order valence-corrected chi connectivity index (χ0v) is 10.2. The summed E-state index contributed by atoms with van der Waals surface area (Å²) in [4.78, 5) is 11.9. The molecular weight excluding hydrogens is 214 g/mol. The smallest absolute Gasteiger partial charge is 0.326 e. The molecular formula is C14H19NO2. The molecule has 2 atom stereocenters. The molecule has 2 rings (SSSR count). The monoisotopic (exact) mass is 233 g/mol. The van der Waals surface area contributed by atoms with Crippen molar-refractivity contribution in [3.8, 4) is 0 Å². The van der Waals surface area contributed by atoms with Gasteiger partial charge in [-0.05, 0) is 18.4 Å². The van der Waals surface area contributed by atoms with Crippen LogP contribution < -0.4 is 5.73 Å². The fourth-order valence-corrected chi connectivity index (χ4v) is 2.78. The first-order chi connectivity index (χ1) is 8.18. The Morgan fingerprint density at radius 3 is 2.71 bits per heavy atom. The van der Waals surface area contributed by atoms with Crippen molar-refractivity contribution in [3.63, 3.8) is 0 Å². The number of benzene rings is 1. The highest BCUT2D eigenvalue weighted by Crippen LogP contribution is 2.39. The Bertz CT molecular complexity index is 390. The van der Waals surface area contributed by atoms with E-state index < -0.39 is 5.54 Å². The van der Waals surface area contributed by atoms with E-state index in [1.54, 1.807) is 0 Å². The SMILES string of the molecule is COC(=O)[C@]1(N)CCCC[C@@H]1c1ccccc1. The van der Waals surface area contributed by atoms with Gasteiger partial charge in [-0.1, -0.05) is 43.2 Å². The van der Waals surface area contributed by atoms with Gasteiger partial charge in [0.15, 0.2) is 0 Å².